The summed E-state index contributed by atoms with van der Waals surface area (Å²) in [7, 11) is 2.90. The summed E-state index contributed by atoms with van der Waals surface area (Å²) in [5.41, 5.74) is 1.82. The third-order valence-corrected chi connectivity index (χ3v) is 6.65. The van der Waals surface area contributed by atoms with Gasteiger partial charge in [0.05, 0.1) is 11.3 Å². The molecule has 2 saturated heterocycles. The number of nitrogens with one attached hydrogen (secondary N) is 1. The second kappa shape index (κ2) is 8.67. The lowest BCUT2D eigenvalue weighted by Gasteiger charge is -2.30. The second-order valence-corrected chi connectivity index (χ2v) is 10.3. The molecule has 1 N–H and O–H groups in total. The molecule has 3 aromatic rings. The lowest BCUT2D eigenvalue weighted by atomic mass is 10.0. The first-order chi connectivity index (χ1) is 15.9. The number of nitrogens with zero attached hydrogens (tertiary/aromatic N) is 5. The molecule has 33 heavy (non-hydrogen) atoms. The molecular formula is C24H26FN6OP. The van der Waals surface area contributed by atoms with Crippen LogP contribution in [0.3, 0.4) is 0 Å². The van der Waals surface area contributed by atoms with Gasteiger partial charge in [-0.3, -0.25) is 4.79 Å². The van der Waals surface area contributed by atoms with E-state index in [-0.39, 0.29) is 16.9 Å². The van der Waals surface area contributed by atoms with E-state index in [4.69, 9.17) is 0 Å². The number of halogens is 1. The molecule has 170 valence electrons. The molecule has 4 heterocycles. The molecule has 2 unspecified atom stereocenters. The summed E-state index contributed by atoms with van der Waals surface area (Å²) in [6, 6.07) is 8.29. The quantitative estimate of drug-likeness (QED) is 0.576. The molecule has 0 aliphatic carbocycles. The number of carbonyl (C=O) groups excluding carboxylic acids is 1. The lowest BCUT2D eigenvalue weighted by Crippen LogP contribution is -2.38. The van der Waals surface area contributed by atoms with Gasteiger partial charge in [-0.2, -0.15) is 0 Å². The highest BCUT2D eigenvalue weighted by molar-refractivity contribution is 7.19. The van der Waals surface area contributed by atoms with E-state index in [1.165, 1.54) is 18.5 Å². The maximum Gasteiger partial charge on any atom is 0.258 e. The summed E-state index contributed by atoms with van der Waals surface area (Å²) in [6.45, 7) is 5.60. The molecule has 2 aromatic heterocycles. The second-order valence-electron chi connectivity index (χ2n) is 8.93. The number of anilines is 3. The van der Waals surface area contributed by atoms with Crippen molar-refractivity contribution in [3.05, 3.63) is 60.3 Å². The number of hydrogen-bond acceptors (Lipinski definition) is 6. The van der Waals surface area contributed by atoms with E-state index in [9.17, 15) is 9.18 Å². The predicted molar refractivity (Wildman–Crippen MR) is 131 cm³/mol. The minimum Gasteiger partial charge on any atom is -0.354 e. The largest absolute Gasteiger partial charge is 0.354 e. The predicted octanol–water partition coefficient (Wildman–Crippen LogP) is 3.98. The molecule has 5 rings (SSSR count). The van der Waals surface area contributed by atoms with Gasteiger partial charge >= 0.3 is 0 Å². The van der Waals surface area contributed by atoms with E-state index in [0.717, 1.165) is 39.0 Å². The Labute approximate surface area is 194 Å². The third-order valence-electron chi connectivity index (χ3n) is 6.18. The van der Waals surface area contributed by atoms with Crippen molar-refractivity contribution in [1.82, 2.24) is 15.0 Å². The highest BCUT2D eigenvalue weighted by Crippen LogP contribution is 2.40. The van der Waals surface area contributed by atoms with E-state index in [0.29, 0.717) is 34.1 Å². The minimum atomic E-state index is -0.357. The Kier molecular flexibility index (Phi) is 5.71. The van der Waals surface area contributed by atoms with Gasteiger partial charge in [-0.25, -0.2) is 19.3 Å². The van der Waals surface area contributed by atoms with E-state index >= 15 is 0 Å². The molecule has 9 heteroatoms. The first-order valence-electron chi connectivity index (χ1n) is 11.1. The van der Waals surface area contributed by atoms with Crippen LogP contribution in [0, 0.1) is 5.82 Å². The summed E-state index contributed by atoms with van der Waals surface area (Å²) in [5, 5.41) is 3.04. The van der Waals surface area contributed by atoms with Gasteiger partial charge in [-0.15, -0.1) is 9.24 Å². The van der Waals surface area contributed by atoms with Crippen molar-refractivity contribution < 1.29 is 9.18 Å². The van der Waals surface area contributed by atoms with E-state index < -0.39 is 0 Å². The van der Waals surface area contributed by atoms with Crippen LogP contribution in [-0.2, 0) is 0 Å². The van der Waals surface area contributed by atoms with Crippen LogP contribution in [0.15, 0.2) is 48.9 Å². The fourth-order valence-corrected chi connectivity index (χ4v) is 4.54. The van der Waals surface area contributed by atoms with Gasteiger partial charge in [-0.05, 0) is 25.0 Å². The number of pyridine rings is 1. The fraction of sp³-hybridized carbons (Fsp3) is 0.333. The molecule has 0 saturated carbocycles. The van der Waals surface area contributed by atoms with Crippen LogP contribution in [-0.4, -0.2) is 52.2 Å². The van der Waals surface area contributed by atoms with Crippen LogP contribution >= 0.6 is 9.24 Å². The smallest absolute Gasteiger partial charge is 0.258 e. The molecule has 0 radical (unpaired) electrons. The Morgan fingerprint density at radius 1 is 1.06 bits per heavy atom. The van der Waals surface area contributed by atoms with E-state index in [1.54, 1.807) is 30.5 Å². The van der Waals surface area contributed by atoms with E-state index in [1.807, 2.05) is 0 Å². The summed E-state index contributed by atoms with van der Waals surface area (Å²) >= 11 is 0. The number of aromatic nitrogens is 3. The van der Waals surface area contributed by atoms with Gasteiger partial charge in [0.15, 0.2) is 5.82 Å². The van der Waals surface area contributed by atoms with Gasteiger partial charge in [0.2, 0.25) is 5.95 Å². The van der Waals surface area contributed by atoms with Gasteiger partial charge < -0.3 is 15.1 Å². The van der Waals surface area contributed by atoms with Crippen molar-refractivity contribution in [1.29, 1.82) is 0 Å². The Morgan fingerprint density at radius 3 is 2.45 bits per heavy atom. The van der Waals surface area contributed by atoms with Crippen molar-refractivity contribution in [3.63, 3.8) is 0 Å². The summed E-state index contributed by atoms with van der Waals surface area (Å²) in [5.74, 6) is 0.548. The monoisotopic (exact) mass is 464 g/mol. The van der Waals surface area contributed by atoms with Gasteiger partial charge in [0.25, 0.3) is 5.91 Å². The highest BCUT2D eigenvalue weighted by Gasteiger charge is 2.32. The zero-order valence-corrected chi connectivity index (χ0v) is 19.6. The Bertz CT molecular complexity index is 1180. The average Bonchev–Trinajstić information content (AvgIpc) is 3.13. The Hall–Kier alpha value is -3.12. The van der Waals surface area contributed by atoms with Crippen LogP contribution in [0.1, 0.15) is 30.1 Å². The zero-order valence-electron chi connectivity index (χ0n) is 18.5. The van der Waals surface area contributed by atoms with Crippen LogP contribution in [0.2, 0.25) is 0 Å². The standard InChI is InChI=1S/C24H26FN6OP/c1-24(33)8-12-31(15-24)21-20(18(7-9-26-21)17-5-2-3-6-19(17)25)29-22(32)16-13-27-23(28-14-16)30-10-4-11-30/h2-3,5-7,9,13-14H,4,8,10-12,15,33H2,1H3,(H,29,32). The molecule has 2 aliphatic heterocycles. The molecule has 7 nitrogen and oxygen atoms in total. The molecule has 2 fully saturated rings. The number of amides is 1. The maximum atomic E-state index is 14.7. The normalized spacial score (nSPS) is 20.0. The Balaban J connectivity index is 1.51. The Morgan fingerprint density at radius 2 is 1.82 bits per heavy atom. The fourth-order valence-electron chi connectivity index (χ4n) is 4.19. The molecule has 0 spiro atoms. The SMILES string of the molecule is CC1(P)CCN(c2nccc(-c3ccccc3F)c2NC(=O)c2cnc(N3CCC3)nc2)C1. The molecule has 0 bridgehead atoms. The van der Waals surface area contributed by atoms with Crippen LogP contribution in [0.5, 0.6) is 0 Å². The summed E-state index contributed by atoms with van der Waals surface area (Å²) in [4.78, 5) is 30.7. The van der Waals surface area contributed by atoms with Gasteiger partial charge in [0.1, 0.15) is 5.82 Å². The minimum absolute atomic E-state index is 0.0531. The third kappa shape index (κ3) is 4.40. The summed E-state index contributed by atoms with van der Waals surface area (Å²) < 4.78 is 14.7. The van der Waals surface area contributed by atoms with Crippen molar-refractivity contribution >= 4 is 32.6 Å². The average molecular weight is 464 g/mol. The van der Waals surface area contributed by atoms with Gasteiger partial charge in [-0.1, -0.05) is 25.1 Å². The van der Waals surface area contributed by atoms with E-state index in [2.05, 4.69) is 46.2 Å². The number of benzene rings is 1. The molecular weight excluding hydrogens is 438 g/mol. The molecule has 1 amide bonds. The van der Waals surface area contributed by atoms with Gasteiger partial charge in [0, 0.05) is 61.1 Å². The lowest BCUT2D eigenvalue weighted by molar-refractivity contribution is 0.102. The number of carbonyl (C=O) groups is 1. The first-order valence-corrected chi connectivity index (χ1v) is 11.7. The maximum absolute atomic E-state index is 14.7. The molecule has 2 atom stereocenters. The molecule has 2 aliphatic rings. The van der Waals surface area contributed by atoms with Crippen molar-refractivity contribution in [2.45, 2.75) is 24.9 Å². The summed E-state index contributed by atoms with van der Waals surface area (Å²) in [6.07, 6.45) is 6.83. The number of hydrogen-bond donors (Lipinski definition) is 1. The van der Waals surface area contributed by atoms with Crippen molar-refractivity contribution in [2.24, 2.45) is 0 Å². The van der Waals surface area contributed by atoms with Crippen LogP contribution in [0.25, 0.3) is 11.1 Å². The first kappa shape index (κ1) is 21.7. The molecule has 1 aromatic carbocycles. The number of rotatable bonds is 5. The van der Waals surface area contributed by atoms with Crippen LogP contribution < -0.4 is 15.1 Å². The topological polar surface area (TPSA) is 74.2 Å². The van der Waals surface area contributed by atoms with Crippen molar-refractivity contribution in [3.8, 4) is 11.1 Å². The highest BCUT2D eigenvalue weighted by atomic mass is 31.0. The van der Waals surface area contributed by atoms with Crippen molar-refractivity contribution in [2.75, 3.05) is 41.3 Å². The zero-order chi connectivity index (χ0) is 23.0. The van der Waals surface area contributed by atoms with Crippen LogP contribution in [0.4, 0.5) is 21.8 Å².